The smallest absolute Gasteiger partial charge is 0.255 e. The van der Waals surface area contributed by atoms with Crippen LogP contribution in [0.5, 0.6) is 5.75 Å². The van der Waals surface area contributed by atoms with E-state index < -0.39 is 0 Å². The van der Waals surface area contributed by atoms with E-state index in [0.29, 0.717) is 23.1 Å². The van der Waals surface area contributed by atoms with E-state index in [2.05, 4.69) is 62.6 Å². The number of hydrogen-bond acceptors (Lipinski definition) is 2. The van der Waals surface area contributed by atoms with Crippen LogP contribution in [0.15, 0.2) is 78.6 Å². The Morgan fingerprint density at radius 1 is 1.09 bits per heavy atom. The molecule has 2 aliphatic rings. The zero-order chi connectivity index (χ0) is 23.3. The predicted molar refractivity (Wildman–Crippen MR) is 134 cm³/mol. The number of hydrogen-bond donors (Lipinski definition) is 1. The molecule has 1 aliphatic heterocycles. The van der Waals surface area contributed by atoms with Crippen molar-refractivity contribution in [3.63, 3.8) is 0 Å². The molecule has 2 aromatic carbocycles. The number of likely N-dealkylation sites (tertiary alicyclic amines) is 1. The van der Waals surface area contributed by atoms with Gasteiger partial charge in [0.25, 0.3) is 5.91 Å². The number of carbonyl (C=O) groups is 1. The van der Waals surface area contributed by atoms with Gasteiger partial charge in [-0.1, -0.05) is 61.5 Å². The second kappa shape index (κ2) is 10.4. The molecule has 2 unspecified atom stereocenters. The molecule has 33 heavy (non-hydrogen) atoms. The first-order chi connectivity index (χ1) is 15.9. The number of amides is 1. The zero-order valence-corrected chi connectivity index (χ0v) is 20.2. The average Bonchev–Trinajstić information content (AvgIpc) is 2.81. The summed E-state index contributed by atoms with van der Waals surface area (Å²) in [5.41, 5.74) is 2.00. The molecule has 0 aromatic heterocycles. The van der Waals surface area contributed by atoms with Crippen molar-refractivity contribution >= 4 is 5.91 Å². The molecule has 0 radical (unpaired) electrons. The number of allylic oxidation sites excluding steroid dienone is 4. The molecular formula is C29H37N2O2+. The molecule has 0 bridgehead atoms. The summed E-state index contributed by atoms with van der Waals surface area (Å²) in [6, 6.07) is 18.5. The van der Waals surface area contributed by atoms with E-state index in [4.69, 9.17) is 4.74 Å². The van der Waals surface area contributed by atoms with E-state index in [-0.39, 0.29) is 11.9 Å². The van der Waals surface area contributed by atoms with Crippen molar-refractivity contribution < 1.29 is 14.0 Å². The van der Waals surface area contributed by atoms with E-state index in [1.165, 1.54) is 5.56 Å². The summed E-state index contributed by atoms with van der Waals surface area (Å²) in [5.74, 6) is 2.30. The number of carbonyl (C=O) groups excluding carboxylic acids is 1. The summed E-state index contributed by atoms with van der Waals surface area (Å²) in [6.45, 7) is 7.64. The Balaban J connectivity index is 1.35. The molecular weight excluding hydrogens is 408 g/mol. The molecule has 4 rings (SSSR count). The fraction of sp³-hybridized carbons (Fsp3) is 0.414. The molecule has 174 valence electrons. The van der Waals surface area contributed by atoms with Crippen molar-refractivity contribution in [3.8, 4) is 5.75 Å². The monoisotopic (exact) mass is 445 g/mol. The van der Waals surface area contributed by atoms with Gasteiger partial charge >= 0.3 is 0 Å². The minimum atomic E-state index is -0.0511. The number of rotatable bonds is 7. The van der Waals surface area contributed by atoms with Crippen molar-refractivity contribution in [1.82, 2.24) is 5.32 Å². The standard InChI is InChI=1S/C29H36N2O2/c1-22-11-7-9-15-27(22)33-28-16-10-8-14-26(28)29(32)30-23(2)25-17-19-31(3,20-18-25)21-24-12-5-4-6-13-24/h4-10,12-16,22-23,25H,11,17-21H2,1-3H3/p+1. The number of quaternary nitrogens is 1. The average molecular weight is 446 g/mol. The van der Waals surface area contributed by atoms with Crippen LogP contribution in [0, 0.1) is 11.8 Å². The molecule has 0 spiro atoms. The fourth-order valence-electron chi connectivity index (χ4n) is 5.03. The van der Waals surface area contributed by atoms with E-state index in [1.807, 2.05) is 36.4 Å². The SMILES string of the molecule is CC1CC=CC=C1Oc1ccccc1C(=O)NC(C)C1CC[N+](C)(Cc2ccccc2)CC1. The van der Waals surface area contributed by atoms with Crippen molar-refractivity contribution in [1.29, 1.82) is 0 Å². The van der Waals surface area contributed by atoms with Crippen LogP contribution in [0.25, 0.3) is 0 Å². The second-order valence-corrected chi connectivity index (χ2v) is 10.0. The molecule has 4 nitrogen and oxygen atoms in total. The Hall–Kier alpha value is -2.85. The summed E-state index contributed by atoms with van der Waals surface area (Å²) in [7, 11) is 2.36. The first-order valence-electron chi connectivity index (χ1n) is 12.3. The molecule has 1 fully saturated rings. The first kappa shape index (κ1) is 23.3. The molecule has 4 heteroatoms. The first-order valence-corrected chi connectivity index (χ1v) is 12.3. The van der Waals surface area contributed by atoms with E-state index in [1.54, 1.807) is 0 Å². The van der Waals surface area contributed by atoms with Crippen LogP contribution in [0.4, 0.5) is 0 Å². The lowest BCUT2D eigenvalue weighted by molar-refractivity contribution is -0.928. The van der Waals surface area contributed by atoms with E-state index in [0.717, 1.165) is 49.1 Å². The van der Waals surface area contributed by atoms with Gasteiger partial charge in [-0.3, -0.25) is 4.79 Å². The highest BCUT2D eigenvalue weighted by atomic mass is 16.5. The van der Waals surface area contributed by atoms with Crippen LogP contribution in [-0.2, 0) is 6.54 Å². The van der Waals surface area contributed by atoms with Gasteiger partial charge in [-0.15, -0.1) is 0 Å². The predicted octanol–water partition coefficient (Wildman–Crippen LogP) is 5.72. The van der Waals surface area contributed by atoms with Crippen LogP contribution in [-0.4, -0.2) is 36.6 Å². The fourth-order valence-corrected chi connectivity index (χ4v) is 5.03. The topological polar surface area (TPSA) is 38.3 Å². The summed E-state index contributed by atoms with van der Waals surface area (Å²) in [5, 5.41) is 3.27. The summed E-state index contributed by atoms with van der Waals surface area (Å²) in [6.07, 6.45) is 9.37. The Morgan fingerprint density at radius 2 is 1.79 bits per heavy atom. The second-order valence-electron chi connectivity index (χ2n) is 10.0. The van der Waals surface area contributed by atoms with Crippen LogP contribution >= 0.6 is 0 Å². The van der Waals surface area contributed by atoms with Crippen LogP contribution in [0.3, 0.4) is 0 Å². The van der Waals surface area contributed by atoms with Crippen LogP contribution < -0.4 is 10.1 Å². The maximum absolute atomic E-state index is 13.2. The largest absolute Gasteiger partial charge is 0.461 e. The Bertz CT molecular complexity index is 1000. The summed E-state index contributed by atoms with van der Waals surface area (Å²) >= 11 is 0. The van der Waals surface area contributed by atoms with Gasteiger partial charge in [-0.25, -0.2) is 0 Å². The van der Waals surface area contributed by atoms with Gasteiger partial charge in [0, 0.05) is 30.4 Å². The highest BCUT2D eigenvalue weighted by molar-refractivity contribution is 5.97. The number of nitrogens with zero attached hydrogens (tertiary/aromatic N) is 1. The van der Waals surface area contributed by atoms with E-state index in [9.17, 15) is 4.79 Å². The molecule has 1 aliphatic carbocycles. The van der Waals surface area contributed by atoms with Gasteiger partial charge in [0.1, 0.15) is 18.1 Å². The van der Waals surface area contributed by atoms with Gasteiger partial charge in [-0.2, -0.15) is 0 Å². The number of para-hydroxylation sites is 1. The molecule has 0 saturated carbocycles. The molecule has 1 amide bonds. The van der Waals surface area contributed by atoms with Gasteiger partial charge < -0.3 is 14.5 Å². The summed E-state index contributed by atoms with van der Waals surface area (Å²) in [4.78, 5) is 13.2. The van der Waals surface area contributed by atoms with Crippen molar-refractivity contribution in [2.75, 3.05) is 20.1 Å². The van der Waals surface area contributed by atoms with Gasteiger partial charge in [0.05, 0.1) is 25.7 Å². The number of ether oxygens (including phenoxy) is 1. The lowest BCUT2D eigenvalue weighted by atomic mass is 9.88. The number of benzene rings is 2. The Kier molecular flexibility index (Phi) is 7.34. The minimum absolute atomic E-state index is 0.0511. The Morgan fingerprint density at radius 3 is 2.52 bits per heavy atom. The number of nitrogens with one attached hydrogen (secondary N) is 1. The lowest BCUT2D eigenvalue weighted by Crippen LogP contribution is -2.52. The van der Waals surface area contributed by atoms with Crippen LogP contribution in [0.2, 0.25) is 0 Å². The summed E-state index contributed by atoms with van der Waals surface area (Å²) < 4.78 is 7.25. The molecule has 2 atom stereocenters. The third-order valence-electron chi connectivity index (χ3n) is 7.28. The lowest BCUT2D eigenvalue weighted by Gasteiger charge is -2.42. The van der Waals surface area contributed by atoms with E-state index >= 15 is 0 Å². The number of piperidine rings is 1. The third kappa shape index (κ3) is 5.94. The highest BCUT2D eigenvalue weighted by Gasteiger charge is 2.33. The van der Waals surface area contributed by atoms with Crippen molar-refractivity contribution in [2.45, 2.75) is 45.7 Å². The van der Waals surface area contributed by atoms with Crippen LogP contribution in [0.1, 0.15) is 49.0 Å². The molecule has 1 N–H and O–H groups in total. The van der Waals surface area contributed by atoms with Gasteiger partial charge in [-0.05, 0) is 37.5 Å². The quantitative estimate of drug-likeness (QED) is 0.554. The van der Waals surface area contributed by atoms with Crippen molar-refractivity contribution in [2.24, 2.45) is 11.8 Å². The van der Waals surface area contributed by atoms with Gasteiger partial charge in [0.2, 0.25) is 0 Å². The maximum atomic E-state index is 13.2. The normalized spacial score (nSPS) is 25.7. The van der Waals surface area contributed by atoms with Gasteiger partial charge in [0.15, 0.2) is 0 Å². The molecule has 1 heterocycles. The zero-order valence-electron chi connectivity index (χ0n) is 20.2. The Labute approximate surface area is 198 Å². The van der Waals surface area contributed by atoms with Crippen molar-refractivity contribution in [3.05, 3.63) is 89.7 Å². The molecule has 1 saturated heterocycles. The maximum Gasteiger partial charge on any atom is 0.255 e. The highest BCUT2D eigenvalue weighted by Crippen LogP contribution is 2.29. The minimum Gasteiger partial charge on any atom is -0.461 e. The molecule has 2 aromatic rings. The third-order valence-corrected chi connectivity index (χ3v) is 7.28.